The first-order chi connectivity index (χ1) is 10.3. The summed E-state index contributed by atoms with van der Waals surface area (Å²) in [5.74, 6) is 3.71. The van der Waals surface area contributed by atoms with Gasteiger partial charge in [0.05, 0.1) is 19.2 Å². The molecule has 0 aliphatic rings. The fourth-order valence-corrected chi connectivity index (χ4v) is 2.94. The normalized spacial score (nSPS) is 10.8. The predicted octanol–water partition coefficient (Wildman–Crippen LogP) is 3.55. The lowest BCUT2D eigenvalue weighted by Crippen LogP contribution is -2.04. The Hall–Kier alpha value is -1.46. The minimum Gasteiger partial charge on any atom is -0.497 e. The zero-order chi connectivity index (χ0) is 15.1. The van der Waals surface area contributed by atoms with Crippen molar-refractivity contribution in [2.24, 2.45) is 0 Å². The van der Waals surface area contributed by atoms with Gasteiger partial charge in [0.1, 0.15) is 11.6 Å². The molecular weight excluding hydrogens is 284 g/mol. The number of methoxy groups -OCH3 is 2. The molecule has 114 valence electrons. The lowest BCUT2D eigenvalue weighted by atomic mass is 10.1. The smallest absolute Gasteiger partial charge is 0.130 e. The minimum absolute atomic E-state index is 0.777. The van der Waals surface area contributed by atoms with E-state index in [4.69, 9.17) is 14.5 Å². The van der Waals surface area contributed by atoms with E-state index in [1.165, 1.54) is 5.56 Å². The van der Waals surface area contributed by atoms with Crippen molar-refractivity contribution in [3.8, 4) is 5.75 Å². The van der Waals surface area contributed by atoms with Crippen molar-refractivity contribution in [2.75, 3.05) is 38.4 Å². The maximum absolute atomic E-state index is 5.27. The van der Waals surface area contributed by atoms with E-state index in [0.29, 0.717) is 0 Å². The van der Waals surface area contributed by atoms with Crippen LogP contribution in [0.3, 0.4) is 0 Å². The second-order valence-corrected chi connectivity index (χ2v) is 5.74. The van der Waals surface area contributed by atoms with Gasteiger partial charge in [-0.15, -0.1) is 0 Å². The summed E-state index contributed by atoms with van der Waals surface area (Å²) in [7, 11) is 3.41. The van der Waals surface area contributed by atoms with Crippen LogP contribution in [0.2, 0.25) is 0 Å². The van der Waals surface area contributed by atoms with E-state index in [9.17, 15) is 0 Å². The van der Waals surface area contributed by atoms with Crippen LogP contribution in [0.25, 0.3) is 10.9 Å². The Labute approximate surface area is 130 Å². The zero-order valence-corrected chi connectivity index (χ0v) is 13.6. The van der Waals surface area contributed by atoms with Crippen molar-refractivity contribution in [1.82, 2.24) is 4.98 Å². The molecule has 0 saturated heterocycles. The van der Waals surface area contributed by atoms with Gasteiger partial charge in [0, 0.05) is 42.2 Å². The Morgan fingerprint density at radius 1 is 1.24 bits per heavy atom. The number of nitrogens with one attached hydrogen (secondary N) is 1. The lowest BCUT2D eigenvalue weighted by Gasteiger charge is -2.12. The topological polar surface area (TPSA) is 43.4 Å². The van der Waals surface area contributed by atoms with E-state index in [1.54, 1.807) is 14.2 Å². The number of hydrogen-bond donors (Lipinski definition) is 1. The number of benzene rings is 1. The van der Waals surface area contributed by atoms with Crippen molar-refractivity contribution in [2.45, 2.75) is 12.7 Å². The molecule has 1 N–H and O–H groups in total. The first-order valence-corrected chi connectivity index (χ1v) is 8.22. The molecule has 0 aliphatic heterocycles. The molecule has 0 atom stereocenters. The number of hydrogen-bond acceptors (Lipinski definition) is 5. The molecule has 5 heteroatoms. The number of anilines is 1. The summed E-state index contributed by atoms with van der Waals surface area (Å²) in [5.41, 5.74) is 2.19. The summed E-state index contributed by atoms with van der Waals surface area (Å²) in [5, 5.41) is 4.49. The highest BCUT2D eigenvalue weighted by molar-refractivity contribution is 7.98. The Balaban J connectivity index is 2.27. The highest BCUT2D eigenvalue weighted by Crippen LogP contribution is 2.26. The van der Waals surface area contributed by atoms with E-state index < -0.39 is 0 Å². The van der Waals surface area contributed by atoms with Crippen LogP contribution in [0.1, 0.15) is 12.5 Å². The number of pyridine rings is 1. The summed E-state index contributed by atoms with van der Waals surface area (Å²) < 4.78 is 10.4. The third-order valence-corrected chi connectivity index (χ3v) is 4.11. The molecule has 0 saturated carbocycles. The Morgan fingerprint density at radius 3 is 2.81 bits per heavy atom. The third-order valence-electron chi connectivity index (χ3n) is 3.14. The largest absolute Gasteiger partial charge is 0.497 e. The van der Waals surface area contributed by atoms with Crippen LogP contribution in [0.4, 0.5) is 5.82 Å². The lowest BCUT2D eigenvalue weighted by molar-refractivity contribution is 0.218. The molecule has 0 unspecified atom stereocenters. The molecule has 4 nitrogen and oxygen atoms in total. The van der Waals surface area contributed by atoms with Crippen LogP contribution in [-0.2, 0) is 10.5 Å². The molecule has 0 aliphatic carbocycles. The number of nitrogens with zero attached hydrogens (tertiary/aromatic N) is 1. The molecule has 21 heavy (non-hydrogen) atoms. The fraction of sp³-hybridized carbons (Fsp3) is 0.438. The van der Waals surface area contributed by atoms with Crippen molar-refractivity contribution < 1.29 is 9.47 Å². The second-order valence-electron chi connectivity index (χ2n) is 4.63. The Kier molecular flexibility index (Phi) is 6.14. The maximum atomic E-state index is 5.27. The average Bonchev–Trinajstić information content (AvgIpc) is 2.51. The molecular formula is C16H22N2O2S. The summed E-state index contributed by atoms with van der Waals surface area (Å²) in [4.78, 5) is 4.74. The van der Waals surface area contributed by atoms with E-state index in [-0.39, 0.29) is 0 Å². The van der Waals surface area contributed by atoms with Crippen molar-refractivity contribution in [1.29, 1.82) is 0 Å². The minimum atomic E-state index is 0.777. The van der Waals surface area contributed by atoms with E-state index in [2.05, 4.69) is 24.4 Å². The van der Waals surface area contributed by atoms with Gasteiger partial charge in [0.2, 0.25) is 0 Å². The Morgan fingerprint density at radius 2 is 2.10 bits per heavy atom. The summed E-state index contributed by atoms with van der Waals surface area (Å²) in [6, 6.07) is 8.20. The molecule has 0 amide bonds. The number of rotatable bonds is 8. The average molecular weight is 306 g/mol. The maximum Gasteiger partial charge on any atom is 0.130 e. The van der Waals surface area contributed by atoms with E-state index in [1.807, 2.05) is 23.9 Å². The van der Waals surface area contributed by atoms with Crippen molar-refractivity contribution >= 4 is 28.5 Å². The van der Waals surface area contributed by atoms with Gasteiger partial charge in [-0.2, -0.15) is 11.8 Å². The first-order valence-electron chi connectivity index (χ1n) is 7.06. The fourth-order valence-electron chi connectivity index (χ4n) is 2.07. The molecule has 1 heterocycles. The van der Waals surface area contributed by atoms with Gasteiger partial charge >= 0.3 is 0 Å². The number of fused-ring (bicyclic) bond motifs is 1. The van der Waals surface area contributed by atoms with Gasteiger partial charge in [-0.05, 0) is 25.1 Å². The molecule has 1 aromatic carbocycles. The molecule has 1 aromatic heterocycles. The van der Waals surface area contributed by atoms with Gasteiger partial charge in [-0.25, -0.2) is 4.98 Å². The quantitative estimate of drug-likeness (QED) is 0.756. The molecule has 0 bridgehead atoms. The highest BCUT2D eigenvalue weighted by Gasteiger charge is 2.07. The van der Waals surface area contributed by atoms with Gasteiger partial charge in [-0.1, -0.05) is 0 Å². The van der Waals surface area contributed by atoms with Gasteiger partial charge in [0.15, 0.2) is 0 Å². The monoisotopic (exact) mass is 306 g/mol. The zero-order valence-electron chi connectivity index (χ0n) is 12.8. The van der Waals surface area contributed by atoms with Crippen LogP contribution < -0.4 is 10.1 Å². The van der Waals surface area contributed by atoms with Crippen molar-refractivity contribution in [3.05, 3.63) is 29.8 Å². The molecule has 2 aromatic rings. The van der Waals surface area contributed by atoms with Gasteiger partial charge in [-0.3, -0.25) is 0 Å². The van der Waals surface area contributed by atoms with Crippen LogP contribution in [0.5, 0.6) is 5.75 Å². The van der Waals surface area contributed by atoms with E-state index >= 15 is 0 Å². The molecule has 2 rings (SSSR count). The van der Waals surface area contributed by atoms with Crippen LogP contribution >= 0.6 is 11.8 Å². The first kappa shape index (κ1) is 15.9. The predicted molar refractivity (Wildman–Crippen MR) is 90.5 cm³/mol. The summed E-state index contributed by atoms with van der Waals surface area (Å²) >= 11 is 1.86. The SMILES string of the molecule is CCNc1nc2cc(OC)ccc2cc1CSCCOC. The van der Waals surface area contributed by atoms with Crippen LogP contribution in [0, 0.1) is 0 Å². The number of aromatic nitrogens is 1. The molecule has 0 spiro atoms. The van der Waals surface area contributed by atoms with Crippen LogP contribution in [-0.4, -0.2) is 38.1 Å². The standard InChI is InChI=1S/C16H22N2O2S/c1-4-17-16-13(11-21-8-7-19-2)9-12-5-6-14(20-3)10-15(12)18-16/h5-6,9-10H,4,7-8,11H2,1-3H3,(H,17,18). The van der Waals surface area contributed by atoms with Crippen LogP contribution in [0.15, 0.2) is 24.3 Å². The van der Waals surface area contributed by atoms with Crippen molar-refractivity contribution in [3.63, 3.8) is 0 Å². The van der Waals surface area contributed by atoms with E-state index in [0.717, 1.165) is 47.1 Å². The second kappa shape index (κ2) is 8.10. The van der Waals surface area contributed by atoms with Gasteiger partial charge < -0.3 is 14.8 Å². The Bertz CT molecular complexity index is 590. The molecule has 0 radical (unpaired) electrons. The van der Waals surface area contributed by atoms with Gasteiger partial charge in [0.25, 0.3) is 0 Å². The number of thioether (sulfide) groups is 1. The number of ether oxygens (including phenoxy) is 2. The summed E-state index contributed by atoms with van der Waals surface area (Å²) in [6.45, 7) is 3.72. The molecule has 0 fully saturated rings. The highest BCUT2D eigenvalue weighted by atomic mass is 32.2. The summed E-state index contributed by atoms with van der Waals surface area (Å²) in [6.07, 6.45) is 0. The third kappa shape index (κ3) is 4.25.